The Morgan fingerprint density at radius 1 is 0.840 bits per heavy atom. The molecular formula is C17H13F7O. The molecule has 0 aliphatic rings. The van der Waals surface area contributed by atoms with Gasteiger partial charge in [0.25, 0.3) is 0 Å². The third kappa shape index (κ3) is 4.87. The zero-order valence-corrected chi connectivity index (χ0v) is 13.0. The van der Waals surface area contributed by atoms with Crippen molar-refractivity contribution in [2.45, 2.75) is 25.9 Å². The van der Waals surface area contributed by atoms with Crippen LogP contribution in [0.2, 0.25) is 0 Å². The van der Waals surface area contributed by atoms with Crippen LogP contribution < -0.4 is 4.74 Å². The molecule has 2 rings (SSSR count). The van der Waals surface area contributed by atoms with Gasteiger partial charge in [-0.3, -0.25) is 0 Å². The molecule has 0 amide bonds. The molecular weight excluding hydrogens is 353 g/mol. The van der Waals surface area contributed by atoms with Gasteiger partial charge >= 0.3 is 6.18 Å². The fourth-order valence-electron chi connectivity index (χ4n) is 2.26. The maximum absolute atomic E-state index is 14.0. The van der Waals surface area contributed by atoms with Crippen molar-refractivity contribution in [2.75, 3.05) is 6.61 Å². The summed E-state index contributed by atoms with van der Waals surface area (Å²) in [6.07, 6.45) is -6.04. The van der Waals surface area contributed by atoms with Crippen LogP contribution in [-0.4, -0.2) is 12.8 Å². The van der Waals surface area contributed by atoms with Crippen LogP contribution in [0.5, 0.6) is 5.75 Å². The number of aryl methyl sites for hydroxylation is 1. The van der Waals surface area contributed by atoms with E-state index < -0.39 is 60.2 Å². The monoisotopic (exact) mass is 366 g/mol. The number of rotatable bonds is 5. The summed E-state index contributed by atoms with van der Waals surface area (Å²) >= 11 is 0. The lowest BCUT2D eigenvalue weighted by Crippen LogP contribution is -2.10. The normalized spacial score (nSPS) is 11.7. The summed E-state index contributed by atoms with van der Waals surface area (Å²) in [5.41, 5.74) is -0.691. The van der Waals surface area contributed by atoms with E-state index in [9.17, 15) is 30.7 Å². The van der Waals surface area contributed by atoms with Crippen molar-refractivity contribution in [1.29, 1.82) is 0 Å². The van der Waals surface area contributed by atoms with Crippen LogP contribution in [0.4, 0.5) is 30.7 Å². The molecule has 2 aromatic rings. The number of benzene rings is 2. The highest BCUT2D eigenvalue weighted by atomic mass is 19.4. The van der Waals surface area contributed by atoms with E-state index in [1.54, 1.807) is 0 Å². The van der Waals surface area contributed by atoms with Gasteiger partial charge in [-0.25, -0.2) is 17.6 Å². The van der Waals surface area contributed by atoms with Gasteiger partial charge in [-0.15, -0.1) is 0 Å². The second-order valence-corrected chi connectivity index (χ2v) is 5.44. The Labute approximate surface area is 139 Å². The molecule has 0 atom stereocenters. The van der Waals surface area contributed by atoms with E-state index in [1.807, 2.05) is 0 Å². The fourth-order valence-corrected chi connectivity index (χ4v) is 2.26. The van der Waals surface area contributed by atoms with Crippen molar-refractivity contribution in [3.63, 3.8) is 0 Å². The van der Waals surface area contributed by atoms with Crippen molar-refractivity contribution in [2.24, 2.45) is 0 Å². The summed E-state index contributed by atoms with van der Waals surface area (Å²) in [7, 11) is 0. The van der Waals surface area contributed by atoms with Gasteiger partial charge < -0.3 is 4.74 Å². The molecule has 0 bridgehead atoms. The number of alkyl halides is 3. The summed E-state index contributed by atoms with van der Waals surface area (Å²) in [6, 6.07) is 3.35. The van der Waals surface area contributed by atoms with Gasteiger partial charge in [-0.2, -0.15) is 13.2 Å². The van der Waals surface area contributed by atoms with E-state index in [0.29, 0.717) is 17.7 Å². The lowest BCUT2D eigenvalue weighted by Gasteiger charge is -2.12. The second-order valence-electron chi connectivity index (χ2n) is 5.44. The highest BCUT2D eigenvalue weighted by Gasteiger charge is 2.26. The molecule has 0 fully saturated rings. The zero-order chi connectivity index (χ0) is 18.8. The van der Waals surface area contributed by atoms with Crippen LogP contribution in [0.15, 0.2) is 24.3 Å². The lowest BCUT2D eigenvalue weighted by molar-refractivity contribution is -0.136. The Kier molecular flexibility index (Phi) is 5.59. The summed E-state index contributed by atoms with van der Waals surface area (Å²) in [5.74, 6) is -5.40. The average molecular weight is 366 g/mol. The molecule has 136 valence electrons. The molecule has 0 aliphatic carbocycles. The Hall–Kier alpha value is -2.25. The predicted octanol–water partition coefficient (Wildman–Crippen LogP) is 5.94. The first-order valence-electron chi connectivity index (χ1n) is 7.23. The second kappa shape index (κ2) is 7.33. The van der Waals surface area contributed by atoms with Crippen molar-refractivity contribution >= 4 is 0 Å². The van der Waals surface area contributed by atoms with E-state index in [2.05, 4.69) is 0 Å². The number of halogens is 7. The summed E-state index contributed by atoms with van der Waals surface area (Å²) in [5, 5.41) is 0. The van der Waals surface area contributed by atoms with Gasteiger partial charge in [0.15, 0.2) is 17.4 Å². The minimum atomic E-state index is -4.40. The van der Waals surface area contributed by atoms with E-state index >= 15 is 0 Å². The molecule has 0 spiro atoms. The molecule has 0 saturated heterocycles. The predicted molar refractivity (Wildman–Crippen MR) is 77.2 cm³/mol. The maximum Gasteiger partial charge on any atom is 0.389 e. The van der Waals surface area contributed by atoms with Gasteiger partial charge in [-0.1, -0.05) is 0 Å². The molecule has 0 N–H and O–H groups in total. The number of hydrogen-bond donors (Lipinski definition) is 0. The molecule has 0 aliphatic heterocycles. The maximum atomic E-state index is 14.0. The molecule has 0 radical (unpaired) electrons. The van der Waals surface area contributed by atoms with Crippen LogP contribution in [0.1, 0.15) is 18.4 Å². The quantitative estimate of drug-likeness (QED) is 0.470. The number of ether oxygens (including phenoxy) is 1. The molecule has 0 heterocycles. The van der Waals surface area contributed by atoms with E-state index in [0.717, 1.165) is 12.1 Å². The van der Waals surface area contributed by atoms with E-state index in [4.69, 9.17) is 4.74 Å². The Morgan fingerprint density at radius 3 is 1.84 bits per heavy atom. The van der Waals surface area contributed by atoms with Crippen LogP contribution >= 0.6 is 0 Å². The first kappa shape index (κ1) is 19.1. The average Bonchev–Trinajstić information content (AvgIpc) is 2.43. The highest BCUT2D eigenvalue weighted by Crippen LogP contribution is 2.33. The summed E-state index contributed by atoms with van der Waals surface area (Å²) in [4.78, 5) is 0. The van der Waals surface area contributed by atoms with Gasteiger partial charge in [-0.05, 0) is 48.7 Å². The topological polar surface area (TPSA) is 9.23 Å². The largest absolute Gasteiger partial charge is 0.488 e. The minimum absolute atomic E-state index is 0.296. The highest BCUT2D eigenvalue weighted by molar-refractivity contribution is 5.66. The van der Waals surface area contributed by atoms with Gasteiger partial charge in [0.1, 0.15) is 11.6 Å². The minimum Gasteiger partial charge on any atom is -0.488 e. The van der Waals surface area contributed by atoms with Crippen molar-refractivity contribution in [3.05, 3.63) is 53.1 Å². The van der Waals surface area contributed by atoms with Crippen LogP contribution in [0.25, 0.3) is 11.1 Å². The zero-order valence-electron chi connectivity index (χ0n) is 13.0. The van der Waals surface area contributed by atoms with Crippen molar-refractivity contribution in [1.82, 2.24) is 0 Å². The van der Waals surface area contributed by atoms with E-state index in [1.165, 1.54) is 6.92 Å². The van der Waals surface area contributed by atoms with Crippen molar-refractivity contribution in [3.8, 4) is 16.9 Å². The molecule has 0 unspecified atom stereocenters. The lowest BCUT2D eigenvalue weighted by atomic mass is 10.0. The molecule has 0 aromatic heterocycles. The molecule has 2 aromatic carbocycles. The van der Waals surface area contributed by atoms with Gasteiger partial charge in [0, 0.05) is 6.42 Å². The van der Waals surface area contributed by atoms with Crippen LogP contribution in [0.3, 0.4) is 0 Å². The molecule has 0 saturated carbocycles. The van der Waals surface area contributed by atoms with Crippen LogP contribution in [0, 0.1) is 30.2 Å². The first-order chi connectivity index (χ1) is 11.6. The first-order valence-corrected chi connectivity index (χ1v) is 7.23. The summed E-state index contributed by atoms with van der Waals surface area (Å²) in [6.45, 7) is 0.898. The number of hydrogen-bond acceptors (Lipinski definition) is 1. The molecule has 8 heteroatoms. The Morgan fingerprint density at radius 2 is 1.36 bits per heavy atom. The third-order valence-corrected chi connectivity index (χ3v) is 3.32. The fraction of sp³-hybridized carbons (Fsp3) is 0.294. The standard InChI is InChI=1S/C17H13F7O/c1-9-5-11(18)15(12(19)6-9)10-7-13(20)16(14(21)8-10)25-4-2-3-17(22,23)24/h5-8H,2-4H2,1H3. The molecule has 25 heavy (non-hydrogen) atoms. The third-order valence-electron chi connectivity index (χ3n) is 3.32. The Bertz CT molecular complexity index is 722. The van der Waals surface area contributed by atoms with Gasteiger partial charge in [0.2, 0.25) is 0 Å². The smallest absolute Gasteiger partial charge is 0.389 e. The van der Waals surface area contributed by atoms with Crippen LogP contribution in [-0.2, 0) is 0 Å². The summed E-state index contributed by atoms with van der Waals surface area (Å²) < 4.78 is 96.5. The SMILES string of the molecule is Cc1cc(F)c(-c2cc(F)c(OCCCC(F)(F)F)c(F)c2)c(F)c1. The Balaban J connectivity index is 2.23. The molecule has 1 nitrogen and oxygen atoms in total. The van der Waals surface area contributed by atoms with E-state index in [-0.39, 0.29) is 5.56 Å². The van der Waals surface area contributed by atoms with Crippen molar-refractivity contribution < 1.29 is 35.5 Å². The van der Waals surface area contributed by atoms with Gasteiger partial charge in [0.05, 0.1) is 12.2 Å².